The minimum absolute atomic E-state index is 0.262. The van der Waals surface area contributed by atoms with Gasteiger partial charge in [0.1, 0.15) is 5.69 Å². The third-order valence-corrected chi connectivity index (χ3v) is 2.50. The highest BCUT2D eigenvalue weighted by atomic mass is 35.5. The van der Waals surface area contributed by atoms with Gasteiger partial charge in [-0.3, -0.25) is 0 Å². The van der Waals surface area contributed by atoms with E-state index >= 15 is 0 Å². The number of benzene rings is 1. The summed E-state index contributed by atoms with van der Waals surface area (Å²) in [6.07, 6.45) is 0. The van der Waals surface area contributed by atoms with E-state index in [2.05, 4.69) is 4.98 Å². The first-order valence-corrected chi connectivity index (χ1v) is 4.88. The molecule has 0 fully saturated rings. The van der Waals surface area contributed by atoms with E-state index in [9.17, 15) is 4.39 Å². The molecule has 1 aromatic carbocycles. The quantitative estimate of drug-likeness (QED) is 0.705. The second-order valence-electron chi connectivity index (χ2n) is 2.48. The maximum atomic E-state index is 13.1. The standard InChI is InChI=1S/C9H5ClFNS/c10-7-3-1-6(2-4-7)8-9(11)13-5-12-8/h1-5H. The topological polar surface area (TPSA) is 12.9 Å². The maximum Gasteiger partial charge on any atom is 0.204 e. The zero-order valence-electron chi connectivity index (χ0n) is 6.50. The Balaban J connectivity index is 2.47. The fourth-order valence-corrected chi connectivity index (χ4v) is 1.69. The number of hydrogen-bond donors (Lipinski definition) is 0. The van der Waals surface area contributed by atoms with Crippen molar-refractivity contribution < 1.29 is 4.39 Å². The summed E-state index contributed by atoms with van der Waals surface area (Å²) in [5.41, 5.74) is 2.63. The van der Waals surface area contributed by atoms with E-state index in [1.165, 1.54) is 5.51 Å². The smallest absolute Gasteiger partial charge is 0.204 e. The van der Waals surface area contributed by atoms with Gasteiger partial charge in [0.2, 0.25) is 5.13 Å². The minimum Gasteiger partial charge on any atom is -0.241 e. The van der Waals surface area contributed by atoms with E-state index in [-0.39, 0.29) is 5.13 Å². The third kappa shape index (κ3) is 1.71. The Kier molecular flexibility index (Phi) is 2.29. The number of thiazole rings is 1. The molecule has 0 bridgehead atoms. The van der Waals surface area contributed by atoms with Gasteiger partial charge < -0.3 is 0 Å². The molecule has 0 aliphatic rings. The molecule has 66 valence electrons. The molecule has 0 amide bonds. The second-order valence-corrected chi connectivity index (χ2v) is 3.72. The molecule has 4 heteroatoms. The zero-order chi connectivity index (χ0) is 9.26. The van der Waals surface area contributed by atoms with E-state index in [4.69, 9.17) is 11.6 Å². The van der Waals surface area contributed by atoms with Crippen LogP contribution >= 0.6 is 22.9 Å². The monoisotopic (exact) mass is 213 g/mol. The molecule has 1 heterocycles. The summed E-state index contributed by atoms with van der Waals surface area (Å²) in [6.45, 7) is 0. The van der Waals surface area contributed by atoms with Crippen LogP contribution in [0.5, 0.6) is 0 Å². The second kappa shape index (κ2) is 3.44. The van der Waals surface area contributed by atoms with Crippen LogP contribution in [0.4, 0.5) is 4.39 Å². The van der Waals surface area contributed by atoms with Crippen LogP contribution in [0.15, 0.2) is 29.8 Å². The van der Waals surface area contributed by atoms with Crippen molar-refractivity contribution >= 4 is 22.9 Å². The van der Waals surface area contributed by atoms with Gasteiger partial charge in [-0.1, -0.05) is 35.1 Å². The first kappa shape index (κ1) is 8.66. The van der Waals surface area contributed by atoms with Crippen LogP contribution in [0, 0.1) is 5.13 Å². The molecule has 0 unspecified atom stereocenters. The molecule has 1 aromatic heterocycles. The summed E-state index contributed by atoms with van der Waals surface area (Å²) in [6, 6.07) is 6.94. The molecule has 13 heavy (non-hydrogen) atoms. The van der Waals surface area contributed by atoms with E-state index in [0.717, 1.165) is 16.9 Å². The van der Waals surface area contributed by atoms with Gasteiger partial charge in [-0.25, -0.2) is 4.98 Å². The van der Waals surface area contributed by atoms with Gasteiger partial charge >= 0.3 is 0 Å². The molecular formula is C9H5ClFNS. The van der Waals surface area contributed by atoms with Crippen LogP contribution in [0.1, 0.15) is 0 Å². The summed E-state index contributed by atoms with van der Waals surface area (Å²) in [4.78, 5) is 3.92. The van der Waals surface area contributed by atoms with Crippen LogP contribution in [0.25, 0.3) is 11.3 Å². The lowest BCUT2D eigenvalue weighted by atomic mass is 10.2. The molecule has 0 radical (unpaired) electrons. The van der Waals surface area contributed by atoms with Crippen molar-refractivity contribution in [3.8, 4) is 11.3 Å². The lowest BCUT2D eigenvalue weighted by Crippen LogP contribution is -1.79. The van der Waals surface area contributed by atoms with Crippen LogP contribution in [-0.4, -0.2) is 4.98 Å². The molecule has 2 rings (SSSR count). The lowest BCUT2D eigenvalue weighted by molar-refractivity contribution is 0.657. The first-order valence-electron chi connectivity index (χ1n) is 3.62. The van der Waals surface area contributed by atoms with Crippen molar-refractivity contribution in [3.05, 3.63) is 39.9 Å². The average molecular weight is 214 g/mol. The summed E-state index contributed by atoms with van der Waals surface area (Å²) < 4.78 is 13.1. The predicted octanol–water partition coefficient (Wildman–Crippen LogP) is 3.60. The first-order chi connectivity index (χ1) is 6.27. The SMILES string of the molecule is Fc1scnc1-c1ccc(Cl)cc1. The highest BCUT2D eigenvalue weighted by Gasteiger charge is 2.06. The Labute approximate surface area is 83.8 Å². The number of nitrogens with zero attached hydrogens (tertiary/aromatic N) is 1. The van der Waals surface area contributed by atoms with E-state index in [1.54, 1.807) is 24.3 Å². The molecule has 0 aliphatic heterocycles. The molecule has 0 aliphatic carbocycles. The van der Waals surface area contributed by atoms with Gasteiger partial charge in [-0.05, 0) is 12.1 Å². The summed E-state index contributed by atoms with van der Waals surface area (Å²) in [5, 5.41) is 0.377. The molecule has 2 aromatic rings. The Morgan fingerprint density at radius 2 is 1.92 bits per heavy atom. The fraction of sp³-hybridized carbons (Fsp3) is 0. The van der Waals surface area contributed by atoms with Crippen LogP contribution in [0.2, 0.25) is 5.02 Å². The molecule has 0 spiro atoms. The highest BCUT2D eigenvalue weighted by molar-refractivity contribution is 7.08. The minimum atomic E-state index is -0.262. The van der Waals surface area contributed by atoms with Crippen molar-refractivity contribution in [1.29, 1.82) is 0 Å². The predicted molar refractivity (Wildman–Crippen MR) is 52.5 cm³/mol. The van der Waals surface area contributed by atoms with Gasteiger partial charge in [0.15, 0.2) is 0 Å². The number of hydrogen-bond acceptors (Lipinski definition) is 2. The summed E-state index contributed by atoms with van der Waals surface area (Å²) in [5.74, 6) is 0. The molecule has 0 saturated carbocycles. The van der Waals surface area contributed by atoms with E-state index in [1.807, 2.05) is 0 Å². The highest BCUT2D eigenvalue weighted by Crippen LogP contribution is 2.24. The van der Waals surface area contributed by atoms with Crippen molar-refractivity contribution in [1.82, 2.24) is 4.98 Å². The Morgan fingerprint density at radius 3 is 2.46 bits per heavy atom. The normalized spacial score (nSPS) is 10.3. The zero-order valence-corrected chi connectivity index (χ0v) is 8.07. The maximum absolute atomic E-state index is 13.1. The Hall–Kier alpha value is -0.930. The van der Waals surface area contributed by atoms with Crippen LogP contribution in [0.3, 0.4) is 0 Å². The third-order valence-electron chi connectivity index (χ3n) is 1.64. The summed E-state index contributed by atoms with van der Waals surface area (Å²) in [7, 11) is 0. The van der Waals surface area contributed by atoms with Gasteiger partial charge in [0, 0.05) is 10.6 Å². The van der Waals surface area contributed by atoms with Crippen molar-refractivity contribution in [2.24, 2.45) is 0 Å². The van der Waals surface area contributed by atoms with Gasteiger partial charge in [0.05, 0.1) is 5.51 Å². The van der Waals surface area contributed by atoms with Gasteiger partial charge in [-0.2, -0.15) is 4.39 Å². The van der Waals surface area contributed by atoms with E-state index < -0.39 is 0 Å². The molecule has 1 nitrogen and oxygen atoms in total. The number of rotatable bonds is 1. The van der Waals surface area contributed by atoms with Crippen LogP contribution in [-0.2, 0) is 0 Å². The Morgan fingerprint density at radius 1 is 1.23 bits per heavy atom. The van der Waals surface area contributed by atoms with Crippen molar-refractivity contribution in [3.63, 3.8) is 0 Å². The summed E-state index contributed by atoms with van der Waals surface area (Å²) >= 11 is 6.69. The molecular weight excluding hydrogens is 209 g/mol. The van der Waals surface area contributed by atoms with Gasteiger partial charge in [-0.15, -0.1) is 0 Å². The van der Waals surface area contributed by atoms with Crippen molar-refractivity contribution in [2.45, 2.75) is 0 Å². The fourth-order valence-electron chi connectivity index (χ4n) is 1.03. The Bertz CT molecular complexity index is 410. The number of halogens is 2. The largest absolute Gasteiger partial charge is 0.241 e. The van der Waals surface area contributed by atoms with Crippen LogP contribution < -0.4 is 0 Å². The molecule has 0 atom stereocenters. The average Bonchev–Trinajstić information content (AvgIpc) is 2.53. The molecule has 0 N–H and O–H groups in total. The van der Waals surface area contributed by atoms with Gasteiger partial charge in [0.25, 0.3) is 0 Å². The number of aromatic nitrogens is 1. The van der Waals surface area contributed by atoms with Crippen molar-refractivity contribution in [2.75, 3.05) is 0 Å². The van der Waals surface area contributed by atoms with E-state index in [0.29, 0.717) is 10.7 Å². The molecule has 0 saturated heterocycles. The lowest BCUT2D eigenvalue weighted by Gasteiger charge is -1.96.